The number of nitrogens with zero attached hydrogens (tertiary/aromatic N) is 1. The summed E-state index contributed by atoms with van der Waals surface area (Å²) in [6.07, 6.45) is 2.24. The van der Waals surface area contributed by atoms with Crippen molar-refractivity contribution < 1.29 is 10.2 Å². The van der Waals surface area contributed by atoms with Crippen molar-refractivity contribution in [2.24, 2.45) is 7.05 Å². The predicted molar refractivity (Wildman–Crippen MR) is 58.3 cm³/mol. The normalized spacial score (nSPS) is 12.7. The van der Waals surface area contributed by atoms with E-state index in [0.717, 1.165) is 0 Å². The first-order valence-electron chi connectivity index (χ1n) is 5.12. The van der Waals surface area contributed by atoms with Gasteiger partial charge in [0.25, 0.3) is 5.56 Å². The molecule has 1 heterocycles. The molecule has 6 heteroatoms. The summed E-state index contributed by atoms with van der Waals surface area (Å²) < 4.78 is 1.30. The molecule has 1 atom stereocenters. The molecule has 1 aromatic heterocycles. The minimum absolute atomic E-state index is 0.274. The fraction of sp³-hybridized carbons (Fsp3) is 0.600. The van der Waals surface area contributed by atoms with E-state index < -0.39 is 11.8 Å². The molecule has 16 heavy (non-hydrogen) atoms. The molecule has 0 saturated heterocycles. The number of hydrogen-bond donors (Lipinski definition) is 3. The zero-order valence-corrected chi connectivity index (χ0v) is 9.14. The summed E-state index contributed by atoms with van der Waals surface area (Å²) in [7, 11) is 1.56. The molecular formula is C10H16N2O4. The Kier molecular flexibility index (Phi) is 4.45. The van der Waals surface area contributed by atoms with Gasteiger partial charge < -0.3 is 14.8 Å². The predicted octanol–water partition coefficient (Wildman–Crippen LogP) is -1.25. The van der Waals surface area contributed by atoms with Gasteiger partial charge in [0.1, 0.15) is 0 Å². The molecule has 1 rings (SSSR count). The first kappa shape index (κ1) is 12.7. The lowest BCUT2D eigenvalue weighted by Gasteiger charge is -2.06. The average Bonchev–Trinajstić information content (AvgIpc) is 2.25. The lowest BCUT2D eigenvalue weighted by Crippen LogP contribution is -2.30. The van der Waals surface area contributed by atoms with Gasteiger partial charge in [-0.1, -0.05) is 0 Å². The number of aromatic nitrogens is 2. The standard InChI is InChI=1S/C10H16N2O4/c1-12-5-7(9(15)11-10(12)16)3-2-4-8(14)6-13/h5,8,13-14H,2-4,6H2,1H3,(H,11,15,16). The summed E-state index contributed by atoms with van der Waals surface area (Å²) in [6.45, 7) is -0.274. The summed E-state index contributed by atoms with van der Waals surface area (Å²) in [4.78, 5) is 24.6. The van der Waals surface area contributed by atoms with Crippen LogP contribution in [-0.2, 0) is 13.5 Å². The van der Waals surface area contributed by atoms with Crippen LogP contribution in [0.25, 0.3) is 0 Å². The molecule has 0 spiro atoms. The molecule has 1 aromatic rings. The number of aromatic amines is 1. The van der Waals surface area contributed by atoms with Gasteiger partial charge >= 0.3 is 5.69 Å². The highest BCUT2D eigenvalue weighted by molar-refractivity contribution is 5.04. The number of nitrogens with one attached hydrogen (secondary N) is 1. The Morgan fingerprint density at radius 3 is 2.81 bits per heavy atom. The fourth-order valence-electron chi connectivity index (χ4n) is 1.41. The molecule has 3 N–H and O–H groups in total. The first-order chi connectivity index (χ1) is 7.54. The Morgan fingerprint density at radius 1 is 1.50 bits per heavy atom. The van der Waals surface area contributed by atoms with E-state index >= 15 is 0 Å². The van der Waals surface area contributed by atoms with E-state index in [9.17, 15) is 9.59 Å². The SMILES string of the molecule is Cn1cc(CCCC(O)CO)c(=O)[nH]c1=O. The highest BCUT2D eigenvalue weighted by Crippen LogP contribution is 2.01. The van der Waals surface area contributed by atoms with E-state index in [2.05, 4.69) is 4.98 Å². The van der Waals surface area contributed by atoms with Gasteiger partial charge in [0.15, 0.2) is 0 Å². The number of aryl methyl sites for hydroxylation is 2. The van der Waals surface area contributed by atoms with E-state index in [1.807, 2.05) is 0 Å². The summed E-state index contributed by atoms with van der Waals surface area (Å²) in [5.41, 5.74) is -0.321. The van der Waals surface area contributed by atoms with Gasteiger partial charge in [-0.2, -0.15) is 0 Å². The quantitative estimate of drug-likeness (QED) is 0.586. The summed E-state index contributed by atoms with van der Waals surface area (Å²) >= 11 is 0. The van der Waals surface area contributed by atoms with E-state index in [-0.39, 0.29) is 12.2 Å². The van der Waals surface area contributed by atoms with Crippen LogP contribution >= 0.6 is 0 Å². The Hall–Kier alpha value is -1.40. The van der Waals surface area contributed by atoms with Crippen molar-refractivity contribution in [2.75, 3.05) is 6.61 Å². The van der Waals surface area contributed by atoms with E-state index in [4.69, 9.17) is 10.2 Å². The van der Waals surface area contributed by atoms with Gasteiger partial charge in [0, 0.05) is 18.8 Å². The topological polar surface area (TPSA) is 95.3 Å². The average molecular weight is 228 g/mol. The number of hydrogen-bond acceptors (Lipinski definition) is 4. The van der Waals surface area contributed by atoms with Gasteiger partial charge in [0.05, 0.1) is 12.7 Å². The third kappa shape index (κ3) is 3.32. The van der Waals surface area contributed by atoms with Crippen molar-refractivity contribution in [3.8, 4) is 0 Å². The van der Waals surface area contributed by atoms with Gasteiger partial charge in [-0.15, -0.1) is 0 Å². The molecule has 0 aliphatic carbocycles. The second-order valence-electron chi connectivity index (χ2n) is 3.75. The molecule has 90 valence electrons. The molecule has 0 saturated carbocycles. The van der Waals surface area contributed by atoms with Crippen LogP contribution in [0, 0.1) is 0 Å². The van der Waals surface area contributed by atoms with Crippen LogP contribution in [0.4, 0.5) is 0 Å². The molecule has 1 unspecified atom stereocenters. The minimum Gasteiger partial charge on any atom is -0.394 e. The lowest BCUT2D eigenvalue weighted by molar-refractivity contribution is 0.0867. The zero-order valence-electron chi connectivity index (χ0n) is 9.14. The van der Waals surface area contributed by atoms with Crippen LogP contribution < -0.4 is 11.2 Å². The van der Waals surface area contributed by atoms with E-state index in [1.165, 1.54) is 10.8 Å². The molecule has 0 aliphatic rings. The Morgan fingerprint density at radius 2 is 2.19 bits per heavy atom. The fourth-order valence-corrected chi connectivity index (χ4v) is 1.41. The maximum absolute atomic E-state index is 11.4. The van der Waals surface area contributed by atoms with Crippen LogP contribution in [0.15, 0.2) is 15.8 Å². The maximum atomic E-state index is 11.4. The van der Waals surface area contributed by atoms with Gasteiger partial charge in [-0.05, 0) is 19.3 Å². The molecule has 0 aliphatic heterocycles. The number of rotatable bonds is 5. The molecule has 0 fully saturated rings. The summed E-state index contributed by atoms with van der Waals surface area (Å²) in [5.74, 6) is 0. The van der Waals surface area contributed by atoms with Gasteiger partial charge in [-0.3, -0.25) is 9.78 Å². The van der Waals surface area contributed by atoms with Gasteiger partial charge in [0.2, 0.25) is 0 Å². The number of aliphatic hydroxyl groups excluding tert-OH is 2. The third-order valence-electron chi connectivity index (χ3n) is 2.38. The van der Waals surface area contributed by atoms with Crippen LogP contribution in [0.5, 0.6) is 0 Å². The van der Waals surface area contributed by atoms with Crippen molar-refractivity contribution in [3.63, 3.8) is 0 Å². The number of H-pyrrole nitrogens is 1. The van der Waals surface area contributed by atoms with Crippen LogP contribution in [0.1, 0.15) is 18.4 Å². The molecule has 0 amide bonds. The molecular weight excluding hydrogens is 212 g/mol. The Labute approximate surface area is 92.2 Å². The summed E-state index contributed by atoms with van der Waals surface area (Å²) in [5, 5.41) is 17.7. The van der Waals surface area contributed by atoms with Crippen LogP contribution in [0.2, 0.25) is 0 Å². The number of aliphatic hydroxyl groups is 2. The highest BCUT2D eigenvalue weighted by atomic mass is 16.3. The zero-order chi connectivity index (χ0) is 12.1. The van der Waals surface area contributed by atoms with Crippen molar-refractivity contribution in [1.29, 1.82) is 0 Å². The molecule has 6 nitrogen and oxygen atoms in total. The summed E-state index contributed by atoms with van der Waals surface area (Å²) in [6, 6.07) is 0. The smallest absolute Gasteiger partial charge is 0.328 e. The molecule has 0 aromatic carbocycles. The Bertz CT molecular complexity index is 449. The van der Waals surface area contributed by atoms with Gasteiger partial charge in [-0.25, -0.2) is 4.79 Å². The van der Waals surface area contributed by atoms with Crippen molar-refractivity contribution in [2.45, 2.75) is 25.4 Å². The van der Waals surface area contributed by atoms with E-state index in [1.54, 1.807) is 7.05 Å². The van der Waals surface area contributed by atoms with E-state index in [0.29, 0.717) is 24.8 Å². The molecule has 0 bridgehead atoms. The largest absolute Gasteiger partial charge is 0.394 e. The van der Waals surface area contributed by atoms with Crippen molar-refractivity contribution >= 4 is 0 Å². The molecule has 0 radical (unpaired) electrons. The van der Waals surface area contributed by atoms with Crippen molar-refractivity contribution in [1.82, 2.24) is 9.55 Å². The van der Waals surface area contributed by atoms with Crippen LogP contribution in [0.3, 0.4) is 0 Å². The highest BCUT2D eigenvalue weighted by Gasteiger charge is 2.05. The van der Waals surface area contributed by atoms with Crippen molar-refractivity contribution in [3.05, 3.63) is 32.6 Å². The minimum atomic E-state index is -0.744. The van der Waals surface area contributed by atoms with Crippen LogP contribution in [-0.4, -0.2) is 32.5 Å². The second-order valence-corrected chi connectivity index (χ2v) is 3.75. The first-order valence-corrected chi connectivity index (χ1v) is 5.12. The lowest BCUT2D eigenvalue weighted by atomic mass is 10.1. The maximum Gasteiger partial charge on any atom is 0.328 e. The monoisotopic (exact) mass is 228 g/mol. The second kappa shape index (κ2) is 5.62. The Balaban J connectivity index is 2.65. The third-order valence-corrected chi connectivity index (χ3v) is 2.38.